The number of hydrogen-bond acceptors (Lipinski definition) is 4. The molecule has 0 aliphatic carbocycles. The number of methoxy groups -OCH3 is 2. The molecule has 0 unspecified atom stereocenters. The lowest BCUT2D eigenvalue weighted by molar-refractivity contribution is 0.389. The van der Waals surface area contributed by atoms with Gasteiger partial charge >= 0.3 is 0 Å². The van der Waals surface area contributed by atoms with Crippen LogP contribution in [0.5, 0.6) is 11.5 Å². The molecule has 1 aromatic heterocycles. The molecular formula is C16H19BrN2O2. The topological polar surface area (TPSA) is 43.4 Å². The minimum atomic E-state index is 0.713. The van der Waals surface area contributed by atoms with Crippen LogP contribution in [-0.4, -0.2) is 19.2 Å². The van der Waals surface area contributed by atoms with Gasteiger partial charge in [-0.2, -0.15) is 0 Å². The number of pyridine rings is 1. The summed E-state index contributed by atoms with van der Waals surface area (Å²) in [7, 11) is 3.31. The number of benzene rings is 1. The van der Waals surface area contributed by atoms with Crippen molar-refractivity contribution in [1.82, 2.24) is 10.3 Å². The van der Waals surface area contributed by atoms with Gasteiger partial charge in [-0.1, -0.05) is 6.07 Å². The van der Waals surface area contributed by atoms with Gasteiger partial charge in [0.25, 0.3) is 0 Å². The molecule has 0 amide bonds. The highest BCUT2D eigenvalue weighted by Crippen LogP contribution is 2.24. The maximum atomic E-state index is 5.39. The third kappa shape index (κ3) is 4.19. The van der Waals surface area contributed by atoms with Crippen LogP contribution in [-0.2, 0) is 13.1 Å². The Bertz CT molecular complexity index is 617. The van der Waals surface area contributed by atoms with E-state index in [0.717, 1.165) is 27.2 Å². The zero-order valence-electron chi connectivity index (χ0n) is 12.4. The molecule has 21 heavy (non-hydrogen) atoms. The van der Waals surface area contributed by atoms with Crippen molar-refractivity contribution in [2.45, 2.75) is 20.0 Å². The van der Waals surface area contributed by atoms with Crippen LogP contribution in [0.4, 0.5) is 0 Å². The molecule has 1 heterocycles. The fourth-order valence-corrected chi connectivity index (χ4v) is 2.51. The van der Waals surface area contributed by atoms with Crippen LogP contribution in [0.1, 0.15) is 16.8 Å². The Hall–Kier alpha value is -1.59. The summed E-state index contributed by atoms with van der Waals surface area (Å²) in [5.74, 6) is 1.61. The second-order valence-corrected chi connectivity index (χ2v) is 5.61. The normalized spacial score (nSPS) is 10.5. The fraction of sp³-hybridized carbons (Fsp3) is 0.312. The van der Waals surface area contributed by atoms with Crippen molar-refractivity contribution in [2.24, 2.45) is 0 Å². The van der Waals surface area contributed by atoms with Crippen LogP contribution in [0.25, 0.3) is 0 Å². The first-order chi connectivity index (χ1) is 10.1. The summed E-state index contributed by atoms with van der Waals surface area (Å²) in [6.07, 6.45) is 1.82. The van der Waals surface area contributed by atoms with Crippen molar-refractivity contribution in [3.8, 4) is 11.5 Å². The molecule has 5 heteroatoms. The first-order valence-corrected chi connectivity index (χ1v) is 7.46. The van der Waals surface area contributed by atoms with Gasteiger partial charge in [-0.15, -0.1) is 0 Å². The van der Waals surface area contributed by atoms with Crippen molar-refractivity contribution >= 4 is 15.9 Å². The van der Waals surface area contributed by atoms with Gasteiger partial charge < -0.3 is 14.8 Å². The Morgan fingerprint density at radius 2 is 1.95 bits per heavy atom. The average molecular weight is 351 g/mol. The molecule has 0 saturated heterocycles. The van der Waals surface area contributed by atoms with Crippen LogP contribution in [0.2, 0.25) is 0 Å². The lowest BCUT2D eigenvalue weighted by Gasteiger charge is -2.12. The van der Waals surface area contributed by atoms with Crippen LogP contribution in [0.3, 0.4) is 0 Å². The summed E-state index contributed by atoms with van der Waals surface area (Å²) in [5, 5.41) is 3.39. The van der Waals surface area contributed by atoms with Gasteiger partial charge in [-0.05, 0) is 40.5 Å². The monoisotopic (exact) mass is 350 g/mol. The zero-order valence-corrected chi connectivity index (χ0v) is 14.0. The molecule has 0 saturated carbocycles. The average Bonchev–Trinajstić information content (AvgIpc) is 2.49. The smallest absolute Gasteiger partial charge is 0.127 e. The molecule has 2 rings (SSSR count). The second-order valence-electron chi connectivity index (χ2n) is 4.70. The van der Waals surface area contributed by atoms with Gasteiger partial charge in [0.2, 0.25) is 0 Å². The van der Waals surface area contributed by atoms with E-state index in [2.05, 4.69) is 39.2 Å². The van der Waals surface area contributed by atoms with Crippen molar-refractivity contribution in [3.63, 3.8) is 0 Å². The Morgan fingerprint density at radius 3 is 2.62 bits per heavy atom. The molecule has 0 atom stereocenters. The van der Waals surface area contributed by atoms with E-state index in [1.165, 1.54) is 5.56 Å². The molecule has 0 fully saturated rings. The minimum Gasteiger partial charge on any atom is -0.497 e. The van der Waals surface area contributed by atoms with Gasteiger partial charge in [0.15, 0.2) is 0 Å². The molecular weight excluding hydrogens is 332 g/mol. The molecule has 1 aromatic carbocycles. The fourth-order valence-electron chi connectivity index (χ4n) is 2.07. The maximum absolute atomic E-state index is 5.39. The van der Waals surface area contributed by atoms with Gasteiger partial charge in [0.1, 0.15) is 11.5 Å². The predicted molar refractivity (Wildman–Crippen MR) is 86.8 cm³/mol. The Morgan fingerprint density at radius 1 is 1.14 bits per heavy atom. The summed E-state index contributed by atoms with van der Waals surface area (Å²) in [6.45, 7) is 3.49. The number of aromatic nitrogens is 1. The lowest BCUT2D eigenvalue weighted by Crippen LogP contribution is -2.15. The highest BCUT2D eigenvalue weighted by atomic mass is 79.9. The van der Waals surface area contributed by atoms with Crippen LogP contribution in [0, 0.1) is 6.92 Å². The zero-order chi connectivity index (χ0) is 15.2. The van der Waals surface area contributed by atoms with E-state index in [1.807, 2.05) is 24.4 Å². The highest BCUT2D eigenvalue weighted by molar-refractivity contribution is 9.10. The maximum Gasteiger partial charge on any atom is 0.127 e. The van der Waals surface area contributed by atoms with Crippen LogP contribution < -0.4 is 14.8 Å². The highest BCUT2D eigenvalue weighted by Gasteiger charge is 2.06. The number of ether oxygens (including phenoxy) is 2. The summed E-state index contributed by atoms with van der Waals surface area (Å²) in [6, 6.07) is 7.90. The molecule has 0 spiro atoms. The molecule has 0 aliphatic rings. The van der Waals surface area contributed by atoms with E-state index < -0.39 is 0 Å². The standard InChI is InChI=1S/C16H19BrN2O2/c1-11-6-13(17)9-19-15(11)10-18-8-12-4-5-14(20-2)7-16(12)21-3/h4-7,9,18H,8,10H2,1-3H3. The van der Waals surface area contributed by atoms with E-state index in [1.54, 1.807) is 14.2 Å². The largest absolute Gasteiger partial charge is 0.497 e. The summed E-state index contributed by atoms with van der Waals surface area (Å²) < 4.78 is 11.6. The number of halogens is 1. The quantitative estimate of drug-likeness (QED) is 0.866. The summed E-state index contributed by atoms with van der Waals surface area (Å²) in [5.41, 5.74) is 3.30. The minimum absolute atomic E-state index is 0.713. The number of nitrogens with zero attached hydrogens (tertiary/aromatic N) is 1. The SMILES string of the molecule is COc1ccc(CNCc2ncc(Br)cc2C)c(OC)c1. The van der Waals surface area contributed by atoms with E-state index >= 15 is 0 Å². The summed E-state index contributed by atoms with van der Waals surface area (Å²) >= 11 is 3.42. The van der Waals surface area contributed by atoms with E-state index in [-0.39, 0.29) is 0 Å². The van der Waals surface area contributed by atoms with Crippen molar-refractivity contribution < 1.29 is 9.47 Å². The van der Waals surface area contributed by atoms with Crippen molar-refractivity contribution in [3.05, 3.63) is 51.8 Å². The number of nitrogens with one attached hydrogen (secondary N) is 1. The van der Waals surface area contributed by atoms with Crippen LogP contribution in [0.15, 0.2) is 34.9 Å². The predicted octanol–water partition coefficient (Wildman–Crippen LogP) is 3.46. The third-order valence-electron chi connectivity index (χ3n) is 3.26. The van der Waals surface area contributed by atoms with Gasteiger partial charge in [0, 0.05) is 35.4 Å². The number of rotatable bonds is 6. The number of aryl methyl sites for hydroxylation is 1. The van der Waals surface area contributed by atoms with Crippen LogP contribution >= 0.6 is 15.9 Å². The van der Waals surface area contributed by atoms with E-state index in [4.69, 9.17) is 9.47 Å². The van der Waals surface area contributed by atoms with E-state index in [0.29, 0.717) is 13.1 Å². The Labute approximate surface area is 133 Å². The van der Waals surface area contributed by atoms with Gasteiger partial charge in [-0.3, -0.25) is 4.98 Å². The Kier molecular flexibility index (Phi) is 5.59. The molecule has 4 nitrogen and oxygen atoms in total. The third-order valence-corrected chi connectivity index (χ3v) is 3.69. The molecule has 112 valence electrons. The second kappa shape index (κ2) is 7.43. The lowest BCUT2D eigenvalue weighted by atomic mass is 10.1. The van der Waals surface area contributed by atoms with Crippen molar-refractivity contribution in [1.29, 1.82) is 0 Å². The van der Waals surface area contributed by atoms with Gasteiger partial charge in [0.05, 0.1) is 19.9 Å². The first kappa shape index (κ1) is 15.8. The van der Waals surface area contributed by atoms with Gasteiger partial charge in [-0.25, -0.2) is 0 Å². The first-order valence-electron chi connectivity index (χ1n) is 6.66. The molecule has 0 aliphatic heterocycles. The molecule has 2 aromatic rings. The molecule has 0 bridgehead atoms. The van der Waals surface area contributed by atoms with Crippen molar-refractivity contribution in [2.75, 3.05) is 14.2 Å². The summed E-state index contributed by atoms with van der Waals surface area (Å²) in [4.78, 5) is 4.42. The molecule has 1 N–H and O–H groups in total. The number of hydrogen-bond donors (Lipinski definition) is 1. The van der Waals surface area contributed by atoms with E-state index in [9.17, 15) is 0 Å². The Balaban J connectivity index is 2.00. The molecule has 0 radical (unpaired) electrons.